The second-order valence-electron chi connectivity index (χ2n) is 6.78. The van der Waals surface area contributed by atoms with E-state index >= 15 is 0 Å². The zero-order valence-corrected chi connectivity index (χ0v) is 15.3. The van der Waals surface area contributed by atoms with E-state index in [-0.39, 0.29) is 17.6 Å². The van der Waals surface area contributed by atoms with Gasteiger partial charge in [0.1, 0.15) is 0 Å². The van der Waals surface area contributed by atoms with E-state index in [1.807, 2.05) is 25.1 Å². The Hall–Kier alpha value is -3.73. The van der Waals surface area contributed by atoms with E-state index in [9.17, 15) is 14.4 Å². The number of hydrogen-bond acceptors (Lipinski definition) is 3. The van der Waals surface area contributed by atoms with Gasteiger partial charge in [-0.2, -0.15) is 0 Å². The van der Waals surface area contributed by atoms with Crippen LogP contribution >= 0.6 is 0 Å². The van der Waals surface area contributed by atoms with Crippen molar-refractivity contribution < 1.29 is 14.4 Å². The number of ketones is 1. The normalized spacial score (nSPS) is 12.2. The lowest BCUT2D eigenvalue weighted by molar-refractivity contribution is -0.115. The van der Waals surface area contributed by atoms with Gasteiger partial charge in [-0.3, -0.25) is 14.4 Å². The third kappa shape index (κ3) is 3.42. The molecule has 3 aromatic carbocycles. The molecule has 0 atom stereocenters. The van der Waals surface area contributed by atoms with Crippen LogP contribution in [0.1, 0.15) is 37.4 Å². The van der Waals surface area contributed by atoms with Crippen LogP contribution < -0.4 is 10.6 Å². The van der Waals surface area contributed by atoms with Crippen molar-refractivity contribution in [3.8, 4) is 0 Å². The SMILES string of the molecule is Cc1ccccc1C(=O)Nc1cccc(C(=O)c2ccc3c(c2)NC(=O)C3)c1. The van der Waals surface area contributed by atoms with Gasteiger partial charge in [-0.25, -0.2) is 0 Å². The molecule has 0 aliphatic carbocycles. The maximum atomic E-state index is 12.9. The fourth-order valence-electron chi connectivity index (χ4n) is 3.29. The van der Waals surface area contributed by atoms with Crippen LogP contribution in [0.2, 0.25) is 0 Å². The van der Waals surface area contributed by atoms with Crippen molar-refractivity contribution in [2.24, 2.45) is 0 Å². The van der Waals surface area contributed by atoms with Gasteiger partial charge in [0.2, 0.25) is 5.91 Å². The molecular formula is C23H18N2O3. The molecule has 0 radical (unpaired) electrons. The van der Waals surface area contributed by atoms with Crippen LogP contribution in [-0.2, 0) is 11.2 Å². The molecule has 5 nitrogen and oxygen atoms in total. The van der Waals surface area contributed by atoms with E-state index in [1.54, 1.807) is 48.5 Å². The number of aryl methyl sites for hydroxylation is 1. The average molecular weight is 370 g/mol. The molecule has 2 N–H and O–H groups in total. The van der Waals surface area contributed by atoms with Gasteiger partial charge in [0.25, 0.3) is 5.91 Å². The molecule has 0 spiro atoms. The largest absolute Gasteiger partial charge is 0.326 e. The summed E-state index contributed by atoms with van der Waals surface area (Å²) in [4.78, 5) is 36.9. The maximum absolute atomic E-state index is 12.9. The lowest BCUT2D eigenvalue weighted by Crippen LogP contribution is -2.13. The number of carbonyl (C=O) groups excluding carboxylic acids is 3. The topological polar surface area (TPSA) is 75.3 Å². The van der Waals surface area contributed by atoms with Crippen molar-refractivity contribution in [2.75, 3.05) is 10.6 Å². The third-order valence-corrected chi connectivity index (χ3v) is 4.77. The van der Waals surface area contributed by atoms with Crippen LogP contribution in [0.25, 0.3) is 0 Å². The molecule has 1 heterocycles. The molecule has 0 aromatic heterocycles. The number of nitrogens with one attached hydrogen (secondary N) is 2. The minimum absolute atomic E-state index is 0.0690. The molecular weight excluding hydrogens is 352 g/mol. The first-order valence-electron chi connectivity index (χ1n) is 8.96. The van der Waals surface area contributed by atoms with E-state index in [4.69, 9.17) is 0 Å². The van der Waals surface area contributed by atoms with Crippen LogP contribution in [0.15, 0.2) is 66.7 Å². The zero-order valence-electron chi connectivity index (χ0n) is 15.3. The van der Waals surface area contributed by atoms with Crippen LogP contribution in [0.4, 0.5) is 11.4 Å². The van der Waals surface area contributed by atoms with Gasteiger partial charge < -0.3 is 10.6 Å². The first-order valence-corrected chi connectivity index (χ1v) is 8.96. The summed E-state index contributed by atoms with van der Waals surface area (Å²) in [6.45, 7) is 1.88. The average Bonchev–Trinajstić information content (AvgIpc) is 3.07. The summed E-state index contributed by atoms with van der Waals surface area (Å²) in [5, 5.41) is 5.60. The minimum atomic E-state index is -0.219. The standard InChI is InChI=1S/C23H18N2O3/c1-14-5-2-3-8-19(14)23(28)24-18-7-4-6-16(11-18)22(27)17-10-9-15-13-21(26)25-20(15)12-17/h2-12H,13H2,1H3,(H,24,28)(H,25,26). The Kier molecular flexibility index (Phi) is 4.49. The van der Waals surface area contributed by atoms with Crippen molar-refractivity contribution in [2.45, 2.75) is 13.3 Å². The lowest BCUT2D eigenvalue weighted by Gasteiger charge is -2.09. The highest BCUT2D eigenvalue weighted by Gasteiger charge is 2.20. The highest BCUT2D eigenvalue weighted by molar-refractivity contribution is 6.12. The summed E-state index contributed by atoms with van der Waals surface area (Å²) in [6.07, 6.45) is 0.338. The Balaban J connectivity index is 1.56. The van der Waals surface area contributed by atoms with E-state index < -0.39 is 0 Å². The summed E-state index contributed by atoms with van der Waals surface area (Å²) in [5.41, 5.74) is 4.55. The molecule has 0 unspecified atom stereocenters. The summed E-state index contributed by atoms with van der Waals surface area (Å²) < 4.78 is 0. The summed E-state index contributed by atoms with van der Waals surface area (Å²) in [6, 6.07) is 19.4. The monoisotopic (exact) mass is 370 g/mol. The second-order valence-corrected chi connectivity index (χ2v) is 6.78. The predicted octanol–water partition coefficient (Wildman–Crippen LogP) is 3.97. The zero-order chi connectivity index (χ0) is 19.7. The summed E-state index contributed by atoms with van der Waals surface area (Å²) in [7, 11) is 0. The lowest BCUT2D eigenvalue weighted by atomic mass is 10.0. The molecule has 2 amide bonds. The Labute approximate surface area is 162 Å². The van der Waals surface area contributed by atoms with Gasteiger partial charge in [-0.05, 0) is 42.3 Å². The van der Waals surface area contributed by atoms with Crippen LogP contribution in [0, 0.1) is 6.92 Å². The number of rotatable bonds is 4. The molecule has 0 fully saturated rings. The van der Waals surface area contributed by atoms with E-state index in [1.165, 1.54) is 0 Å². The van der Waals surface area contributed by atoms with Gasteiger partial charge >= 0.3 is 0 Å². The molecule has 0 saturated carbocycles. The second kappa shape index (κ2) is 7.12. The Bertz CT molecular complexity index is 1120. The van der Waals surface area contributed by atoms with E-state index in [2.05, 4.69) is 10.6 Å². The Morgan fingerprint density at radius 3 is 2.54 bits per heavy atom. The van der Waals surface area contributed by atoms with Crippen molar-refractivity contribution in [3.63, 3.8) is 0 Å². The fourth-order valence-corrected chi connectivity index (χ4v) is 3.29. The number of hydrogen-bond donors (Lipinski definition) is 2. The van der Waals surface area contributed by atoms with Gasteiger partial charge in [-0.1, -0.05) is 42.5 Å². The van der Waals surface area contributed by atoms with Gasteiger partial charge in [-0.15, -0.1) is 0 Å². The number of fused-ring (bicyclic) bond motifs is 1. The number of carbonyl (C=O) groups is 3. The molecule has 4 rings (SSSR count). The molecule has 0 bridgehead atoms. The number of anilines is 2. The molecule has 3 aromatic rings. The highest BCUT2D eigenvalue weighted by atomic mass is 16.2. The fraction of sp³-hybridized carbons (Fsp3) is 0.0870. The minimum Gasteiger partial charge on any atom is -0.326 e. The van der Waals surface area contributed by atoms with Crippen LogP contribution in [0.5, 0.6) is 0 Å². The van der Waals surface area contributed by atoms with Gasteiger partial charge in [0, 0.05) is 28.1 Å². The molecule has 28 heavy (non-hydrogen) atoms. The summed E-state index contributed by atoms with van der Waals surface area (Å²) >= 11 is 0. The quantitative estimate of drug-likeness (QED) is 0.682. The smallest absolute Gasteiger partial charge is 0.255 e. The van der Waals surface area contributed by atoms with E-state index in [0.717, 1.165) is 11.1 Å². The Morgan fingerprint density at radius 1 is 0.929 bits per heavy atom. The molecule has 1 aliphatic heterocycles. The summed E-state index contributed by atoms with van der Waals surface area (Å²) in [5.74, 6) is -0.459. The molecule has 0 saturated heterocycles. The number of benzene rings is 3. The first-order chi connectivity index (χ1) is 13.5. The van der Waals surface area contributed by atoms with Gasteiger partial charge in [0.05, 0.1) is 6.42 Å². The van der Waals surface area contributed by atoms with Crippen LogP contribution in [0.3, 0.4) is 0 Å². The van der Waals surface area contributed by atoms with Gasteiger partial charge in [0.15, 0.2) is 5.78 Å². The maximum Gasteiger partial charge on any atom is 0.255 e. The molecule has 5 heteroatoms. The predicted molar refractivity (Wildman–Crippen MR) is 108 cm³/mol. The third-order valence-electron chi connectivity index (χ3n) is 4.77. The van der Waals surface area contributed by atoms with Crippen LogP contribution in [-0.4, -0.2) is 17.6 Å². The first kappa shape index (κ1) is 17.7. The van der Waals surface area contributed by atoms with Crippen molar-refractivity contribution in [1.82, 2.24) is 0 Å². The van der Waals surface area contributed by atoms with Crippen molar-refractivity contribution in [3.05, 3.63) is 94.5 Å². The van der Waals surface area contributed by atoms with E-state index in [0.29, 0.717) is 34.5 Å². The molecule has 138 valence electrons. The van der Waals surface area contributed by atoms with Crippen molar-refractivity contribution in [1.29, 1.82) is 0 Å². The number of amides is 2. The highest BCUT2D eigenvalue weighted by Crippen LogP contribution is 2.25. The molecule has 1 aliphatic rings. The Morgan fingerprint density at radius 2 is 1.71 bits per heavy atom. The van der Waals surface area contributed by atoms with Crippen molar-refractivity contribution >= 4 is 29.0 Å².